The van der Waals surface area contributed by atoms with E-state index in [9.17, 15) is 9.90 Å². The largest absolute Gasteiger partial charge is 0.496 e. The van der Waals surface area contributed by atoms with Crippen molar-refractivity contribution in [2.45, 2.75) is 25.6 Å². The van der Waals surface area contributed by atoms with Gasteiger partial charge < -0.3 is 20.5 Å². The molecule has 0 aromatic heterocycles. The van der Waals surface area contributed by atoms with Crippen molar-refractivity contribution in [1.82, 2.24) is 10.6 Å². The predicted molar refractivity (Wildman–Crippen MR) is 101 cm³/mol. The van der Waals surface area contributed by atoms with Crippen molar-refractivity contribution >= 4 is 11.8 Å². The second kappa shape index (κ2) is 8.01. The highest BCUT2D eigenvalue weighted by Crippen LogP contribution is 2.20. The first-order valence-corrected chi connectivity index (χ1v) is 8.58. The van der Waals surface area contributed by atoms with Crippen molar-refractivity contribution in [1.29, 1.82) is 0 Å². The Hall–Kier alpha value is -2.86. The van der Waals surface area contributed by atoms with E-state index >= 15 is 0 Å². The highest BCUT2D eigenvalue weighted by molar-refractivity contribution is 5.91. The average molecular weight is 353 g/mol. The van der Waals surface area contributed by atoms with Crippen LogP contribution in [0.1, 0.15) is 34.5 Å². The summed E-state index contributed by atoms with van der Waals surface area (Å²) in [5.74, 6) is 0.289. The zero-order valence-corrected chi connectivity index (χ0v) is 14.9. The molecule has 0 fully saturated rings. The van der Waals surface area contributed by atoms with E-state index < -0.39 is 5.97 Å². The molecule has 0 bridgehead atoms. The SMILES string of the molecule is COc1ccc(CN[C@@H](C)C2=NC[C@H](c3ccccc3)N2)cc1C(=O)O. The lowest BCUT2D eigenvalue weighted by Gasteiger charge is -2.18. The third kappa shape index (κ3) is 4.03. The lowest BCUT2D eigenvalue weighted by atomic mass is 10.1. The molecule has 1 aliphatic rings. The van der Waals surface area contributed by atoms with Gasteiger partial charge in [-0.25, -0.2) is 4.79 Å². The van der Waals surface area contributed by atoms with Gasteiger partial charge in [0.1, 0.15) is 17.1 Å². The van der Waals surface area contributed by atoms with Crippen LogP contribution in [-0.2, 0) is 6.54 Å². The minimum atomic E-state index is -0.996. The van der Waals surface area contributed by atoms with Gasteiger partial charge in [0.05, 0.1) is 25.7 Å². The zero-order valence-electron chi connectivity index (χ0n) is 14.9. The van der Waals surface area contributed by atoms with Crippen LogP contribution in [0, 0.1) is 0 Å². The van der Waals surface area contributed by atoms with Crippen molar-refractivity contribution in [2.24, 2.45) is 4.99 Å². The van der Waals surface area contributed by atoms with Gasteiger partial charge >= 0.3 is 5.97 Å². The molecule has 3 rings (SSSR count). The Kier molecular flexibility index (Phi) is 5.53. The fourth-order valence-corrected chi connectivity index (χ4v) is 3.00. The van der Waals surface area contributed by atoms with Crippen LogP contribution in [-0.4, -0.2) is 36.6 Å². The zero-order chi connectivity index (χ0) is 18.5. The molecule has 0 amide bonds. The Balaban J connectivity index is 1.59. The van der Waals surface area contributed by atoms with Crippen LogP contribution in [0.5, 0.6) is 5.75 Å². The molecule has 2 atom stereocenters. The van der Waals surface area contributed by atoms with Gasteiger partial charge in [-0.2, -0.15) is 0 Å². The quantitative estimate of drug-likeness (QED) is 0.713. The molecule has 0 saturated heterocycles. The van der Waals surface area contributed by atoms with Gasteiger partial charge in [-0.15, -0.1) is 0 Å². The minimum Gasteiger partial charge on any atom is -0.496 e. The fourth-order valence-electron chi connectivity index (χ4n) is 3.00. The molecule has 0 aliphatic carbocycles. The minimum absolute atomic E-state index is 0.0408. The lowest BCUT2D eigenvalue weighted by Crippen LogP contribution is -2.40. The van der Waals surface area contributed by atoms with Gasteiger partial charge in [-0.05, 0) is 30.2 Å². The molecule has 3 N–H and O–H groups in total. The van der Waals surface area contributed by atoms with Crippen molar-refractivity contribution in [3.63, 3.8) is 0 Å². The summed E-state index contributed by atoms with van der Waals surface area (Å²) in [5, 5.41) is 16.1. The van der Waals surface area contributed by atoms with Crippen LogP contribution in [0.25, 0.3) is 0 Å². The summed E-state index contributed by atoms with van der Waals surface area (Å²) in [6.45, 7) is 3.31. The third-order valence-electron chi connectivity index (χ3n) is 4.49. The summed E-state index contributed by atoms with van der Waals surface area (Å²) < 4.78 is 5.09. The molecule has 26 heavy (non-hydrogen) atoms. The molecular weight excluding hydrogens is 330 g/mol. The number of ether oxygens (including phenoxy) is 1. The predicted octanol–water partition coefficient (Wildman–Crippen LogP) is 2.61. The molecule has 0 radical (unpaired) electrons. The average Bonchev–Trinajstić information content (AvgIpc) is 3.17. The van der Waals surface area contributed by atoms with E-state index in [-0.39, 0.29) is 17.6 Å². The van der Waals surface area contributed by atoms with Crippen molar-refractivity contribution in [3.05, 3.63) is 65.2 Å². The maximum atomic E-state index is 11.3. The van der Waals surface area contributed by atoms with E-state index in [0.29, 0.717) is 12.3 Å². The maximum absolute atomic E-state index is 11.3. The summed E-state index contributed by atoms with van der Waals surface area (Å²) in [6.07, 6.45) is 0. The summed E-state index contributed by atoms with van der Waals surface area (Å²) in [5.41, 5.74) is 2.27. The number of hydrogen-bond donors (Lipinski definition) is 3. The van der Waals surface area contributed by atoms with Crippen LogP contribution in [0.2, 0.25) is 0 Å². The van der Waals surface area contributed by atoms with Crippen LogP contribution in [0.4, 0.5) is 0 Å². The standard InChI is InChI=1S/C20H23N3O3/c1-13(19-22-12-17(23-19)15-6-4-3-5-7-15)21-11-14-8-9-18(26-2)16(10-14)20(24)25/h3-10,13,17,21H,11-12H2,1-2H3,(H,22,23)(H,24,25)/t13-,17+/m0/s1. The molecule has 1 aliphatic heterocycles. The molecule has 1 heterocycles. The van der Waals surface area contributed by atoms with E-state index in [1.54, 1.807) is 12.1 Å². The van der Waals surface area contributed by atoms with E-state index in [0.717, 1.165) is 17.9 Å². The maximum Gasteiger partial charge on any atom is 0.339 e. The molecule has 0 unspecified atom stereocenters. The summed E-state index contributed by atoms with van der Waals surface area (Å²) in [7, 11) is 1.47. The van der Waals surface area contributed by atoms with E-state index in [4.69, 9.17) is 4.74 Å². The summed E-state index contributed by atoms with van der Waals surface area (Å²) in [4.78, 5) is 15.9. The second-order valence-electron chi connectivity index (χ2n) is 6.28. The van der Waals surface area contributed by atoms with Gasteiger partial charge in [0, 0.05) is 6.54 Å². The number of carboxylic acids is 1. The monoisotopic (exact) mass is 353 g/mol. The number of amidine groups is 1. The van der Waals surface area contributed by atoms with Gasteiger partial charge in [-0.1, -0.05) is 36.4 Å². The van der Waals surface area contributed by atoms with Gasteiger partial charge in [0.25, 0.3) is 0 Å². The number of nitrogens with one attached hydrogen (secondary N) is 2. The molecule has 0 saturated carbocycles. The highest BCUT2D eigenvalue weighted by Gasteiger charge is 2.22. The first-order chi connectivity index (χ1) is 12.6. The Morgan fingerprint density at radius 1 is 1.35 bits per heavy atom. The molecule has 6 heteroatoms. The lowest BCUT2D eigenvalue weighted by molar-refractivity contribution is 0.0693. The Morgan fingerprint density at radius 3 is 2.81 bits per heavy atom. The smallest absolute Gasteiger partial charge is 0.339 e. The van der Waals surface area contributed by atoms with Gasteiger partial charge in [0.2, 0.25) is 0 Å². The van der Waals surface area contributed by atoms with Crippen LogP contribution < -0.4 is 15.4 Å². The molecule has 0 spiro atoms. The summed E-state index contributed by atoms with van der Waals surface area (Å²) >= 11 is 0. The van der Waals surface area contributed by atoms with Crippen LogP contribution in [0.3, 0.4) is 0 Å². The third-order valence-corrected chi connectivity index (χ3v) is 4.49. The van der Waals surface area contributed by atoms with E-state index in [1.165, 1.54) is 12.7 Å². The molecule has 2 aromatic carbocycles. The second-order valence-corrected chi connectivity index (χ2v) is 6.28. The Bertz CT molecular complexity index is 805. The number of aliphatic imine (C=N–C) groups is 1. The number of hydrogen-bond acceptors (Lipinski definition) is 5. The number of rotatable bonds is 7. The van der Waals surface area contributed by atoms with E-state index in [2.05, 4.69) is 27.8 Å². The number of carbonyl (C=O) groups is 1. The van der Waals surface area contributed by atoms with Gasteiger partial charge in [-0.3, -0.25) is 4.99 Å². The number of benzene rings is 2. The first kappa shape index (κ1) is 17.9. The van der Waals surface area contributed by atoms with Crippen molar-refractivity contribution < 1.29 is 14.6 Å². The molecule has 2 aromatic rings. The summed E-state index contributed by atoms with van der Waals surface area (Å²) in [6, 6.07) is 15.7. The van der Waals surface area contributed by atoms with Crippen molar-refractivity contribution in [3.8, 4) is 5.75 Å². The normalized spacial score (nSPS) is 17.3. The number of nitrogens with zero attached hydrogens (tertiary/aromatic N) is 1. The Labute approximate surface area is 152 Å². The fraction of sp³-hybridized carbons (Fsp3) is 0.300. The first-order valence-electron chi connectivity index (χ1n) is 8.58. The molecule has 6 nitrogen and oxygen atoms in total. The van der Waals surface area contributed by atoms with Gasteiger partial charge in [0.15, 0.2) is 0 Å². The Morgan fingerprint density at radius 2 is 2.12 bits per heavy atom. The number of methoxy groups -OCH3 is 1. The molecule has 136 valence electrons. The molecular formula is C20H23N3O3. The number of carboxylic acid groups (broad SMARTS) is 1. The number of aromatic carboxylic acids is 1. The highest BCUT2D eigenvalue weighted by atomic mass is 16.5. The van der Waals surface area contributed by atoms with Crippen LogP contribution in [0.15, 0.2) is 53.5 Å². The van der Waals surface area contributed by atoms with Crippen LogP contribution >= 0.6 is 0 Å². The van der Waals surface area contributed by atoms with E-state index in [1.807, 2.05) is 31.2 Å². The topological polar surface area (TPSA) is 83.0 Å². The van der Waals surface area contributed by atoms with Crippen molar-refractivity contribution in [2.75, 3.05) is 13.7 Å².